The van der Waals surface area contributed by atoms with Crippen molar-refractivity contribution < 1.29 is 9.47 Å². The van der Waals surface area contributed by atoms with Crippen molar-refractivity contribution in [1.82, 2.24) is 0 Å². The molecule has 2 nitrogen and oxygen atoms in total. The minimum Gasteiger partial charge on any atom is -0.355 e. The van der Waals surface area contributed by atoms with Crippen LogP contribution >= 0.6 is 0 Å². The molecule has 0 heterocycles. The topological polar surface area (TPSA) is 18.5 Å². The van der Waals surface area contributed by atoms with Crippen LogP contribution in [0, 0.1) is 5.41 Å². The second-order valence-electron chi connectivity index (χ2n) is 3.37. The minimum atomic E-state index is -0.0718. The number of ether oxygens (including phenoxy) is 2. The molecule has 0 aliphatic carbocycles. The first-order chi connectivity index (χ1) is 5.08. The molecule has 2 heteroatoms. The molecule has 0 aliphatic heterocycles. The standard InChI is InChI=1S/C9H20O2/c1-6-9(3,4)8(10-5)11-7-2/h8H,6-7H2,1-5H3. The van der Waals surface area contributed by atoms with Crippen LogP contribution in [-0.2, 0) is 9.47 Å². The highest BCUT2D eigenvalue weighted by molar-refractivity contribution is 4.70. The van der Waals surface area contributed by atoms with Gasteiger partial charge in [-0.3, -0.25) is 0 Å². The number of rotatable bonds is 5. The summed E-state index contributed by atoms with van der Waals surface area (Å²) in [5, 5.41) is 0. The van der Waals surface area contributed by atoms with Crippen molar-refractivity contribution in [1.29, 1.82) is 0 Å². The number of methoxy groups -OCH3 is 1. The number of hydrogen-bond donors (Lipinski definition) is 0. The van der Waals surface area contributed by atoms with E-state index in [0.29, 0.717) is 6.61 Å². The van der Waals surface area contributed by atoms with Gasteiger partial charge in [-0.25, -0.2) is 0 Å². The van der Waals surface area contributed by atoms with Gasteiger partial charge in [-0.1, -0.05) is 20.8 Å². The third kappa shape index (κ3) is 3.21. The molecule has 0 rings (SSSR count). The van der Waals surface area contributed by atoms with E-state index in [0.717, 1.165) is 6.42 Å². The molecule has 1 unspecified atom stereocenters. The predicted molar refractivity (Wildman–Crippen MR) is 46.5 cm³/mol. The fraction of sp³-hybridized carbons (Fsp3) is 1.00. The summed E-state index contributed by atoms with van der Waals surface area (Å²) in [5.74, 6) is 0. The Morgan fingerprint density at radius 3 is 2.09 bits per heavy atom. The molecule has 11 heavy (non-hydrogen) atoms. The van der Waals surface area contributed by atoms with E-state index in [4.69, 9.17) is 9.47 Å². The van der Waals surface area contributed by atoms with Crippen molar-refractivity contribution in [2.45, 2.75) is 40.4 Å². The molecule has 0 N–H and O–H groups in total. The van der Waals surface area contributed by atoms with Crippen molar-refractivity contribution >= 4 is 0 Å². The van der Waals surface area contributed by atoms with Crippen LogP contribution in [0.2, 0.25) is 0 Å². The summed E-state index contributed by atoms with van der Waals surface area (Å²) in [5.41, 5.74) is 0.116. The van der Waals surface area contributed by atoms with Gasteiger partial charge in [0, 0.05) is 19.1 Å². The first-order valence-electron chi connectivity index (χ1n) is 4.22. The van der Waals surface area contributed by atoms with E-state index in [1.54, 1.807) is 7.11 Å². The normalized spacial score (nSPS) is 15.0. The molecule has 0 aromatic rings. The summed E-state index contributed by atoms with van der Waals surface area (Å²) < 4.78 is 10.6. The fourth-order valence-corrected chi connectivity index (χ4v) is 0.931. The van der Waals surface area contributed by atoms with Crippen LogP contribution in [-0.4, -0.2) is 20.0 Å². The quantitative estimate of drug-likeness (QED) is 0.575. The van der Waals surface area contributed by atoms with E-state index in [2.05, 4.69) is 20.8 Å². The summed E-state index contributed by atoms with van der Waals surface area (Å²) in [6, 6.07) is 0. The molecule has 0 bridgehead atoms. The average Bonchev–Trinajstić information content (AvgIpc) is 2.00. The van der Waals surface area contributed by atoms with Crippen LogP contribution in [0.25, 0.3) is 0 Å². The van der Waals surface area contributed by atoms with Crippen molar-refractivity contribution in [3.8, 4) is 0 Å². The van der Waals surface area contributed by atoms with Crippen LogP contribution in [0.1, 0.15) is 34.1 Å². The Morgan fingerprint density at radius 2 is 1.82 bits per heavy atom. The van der Waals surface area contributed by atoms with Gasteiger partial charge in [-0.15, -0.1) is 0 Å². The van der Waals surface area contributed by atoms with Crippen molar-refractivity contribution in [3.63, 3.8) is 0 Å². The first-order valence-corrected chi connectivity index (χ1v) is 4.22. The molecule has 0 aromatic carbocycles. The van der Waals surface area contributed by atoms with Gasteiger partial charge in [-0.2, -0.15) is 0 Å². The number of hydrogen-bond acceptors (Lipinski definition) is 2. The Kier molecular flexibility index (Phi) is 4.69. The van der Waals surface area contributed by atoms with Gasteiger partial charge >= 0.3 is 0 Å². The Labute approximate surface area is 69.9 Å². The molecule has 0 saturated carbocycles. The average molecular weight is 160 g/mol. The van der Waals surface area contributed by atoms with Gasteiger partial charge in [0.1, 0.15) is 0 Å². The smallest absolute Gasteiger partial charge is 0.162 e. The highest BCUT2D eigenvalue weighted by Gasteiger charge is 2.27. The summed E-state index contributed by atoms with van der Waals surface area (Å²) in [6.07, 6.45) is 0.989. The highest BCUT2D eigenvalue weighted by atomic mass is 16.7. The maximum absolute atomic E-state index is 5.42. The molecule has 0 aliphatic rings. The Hall–Kier alpha value is -0.0800. The highest BCUT2D eigenvalue weighted by Crippen LogP contribution is 2.27. The van der Waals surface area contributed by atoms with Crippen LogP contribution in [0.4, 0.5) is 0 Å². The van der Waals surface area contributed by atoms with Crippen LogP contribution in [0.15, 0.2) is 0 Å². The SMILES string of the molecule is CCOC(OC)C(C)(C)CC. The zero-order valence-electron chi connectivity index (χ0n) is 8.31. The van der Waals surface area contributed by atoms with Crippen molar-refractivity contribution in [2.75, 3.05) is 13.7 Å². The van der Waals surface area contributed by atoms with Gasteiger partial charge in [0.05, 0.1) is 0 Å². The zero-order chi connectivity index (χ0) is 8.91. The van der Waals surface area contributed by atoms with E-state index < -0.39 is 0 Å². The van der Waals surface area contributed by atoms with E-state index in [9.17, 15) is 0 Å². The molecule has 0 fully saturated rings. The minimum absolute atomic E-state index is 0.0718. The molecule has 0 spiro atoms. The monoisotopic (exact) mass is 160 g/mol. The zero-order valence-corrected chi connectivity index (χ0v) is 8.31. The summed E-state index contributed by atoms with van der Waals surface area (Å²) in [6.45, 7) is 9.14. The van der Waals surface area contributed by atoms with Gasteiger partial charge in [0.25, 0.3) is 0 Å². The Balaban J connectivity index is 3.99. The Morgan fingerprint density at radius 1 is 1.27 bits per heavy atom. The molecular formula is C9H20O2. The Bertz CT molecular complexity index is 99.7. The van der Waals surface area contributed by atoms with Gasteiger partial charge in [0.2, 0.25) is 0 Å². The molecule has 0 radical (unpaired) electrons. The van der Waals surface area contributed by atoms with Crippen LogP contribution < -0.4 is 0 Å². The van der Waals surface area contributed by atoms with E-state index >= 15 is 0 Å². The molecule has 0 amide bonds. The van der Waals surface area contributed by atoms with E-state index in [1.165, 1.54) is 0 Å². The molecule has 0 aromatic heterocycles. The van der Waals surface area contributed by atoms with Crippen molar-refractivity contribution in [3.05, 3.63) is 0 Å². The van der Waals surface area contributed by atoms with Gasteiger partial charge in [-0.05, 0) is 13.3 Å². The van der Waals surface area contributed by atoms with Crippen LogP contribution in [0.5, 0.6) is 0 Å². The third-order valence-corrected chi connectivity index (χ3v) is 2.08. The fourth-order valence-electron chi connectivity index (χ4n) is 0.931. The summed E-state index contributed by atoms with van der Waals surface area (Å²) in [4.78, 5) is 0. The molecular weight excluding hydrogens is 140 g/mol. The van der Waals surface area contributed by atoms with Gasteiger partial charge in [0.15, 0.2) is 6.29 Å². The second-order valence-corrected chi connectivity index (χ2v) is 3.37. The van der Waals surface area contributed by atoms with Crippen molar-refractivity contribution in [2.24, 2.45) is 5.41 Å². The van der Waals surface area contributed by atoms with Crippen LogP contribution in [0.3, 0.4) is 0 Å². The summed E-state index contributed by atoms with van der Waals surface area (Å²) in [7, 11) is 1.69. The third-order valence-electron chi connectivity index (χ3n) is 2.08. The second kappa shape index (κ2) is 4.73. The molecule has 1 atom stereocenters. The van der Waals surface area contributed by atoms with Gasteiger partial charge < -0.3 is 9.47 Å². The first kappa shape index (κ1) is 10.9. The molecule has 68 valence electrons. The maximum atomic E-state index is 5.42. The summed E-state index contributed by atoms with van der Waals surface area (Å²) >= 11 is 0. The maximum Gasteiger partial charge on any atom is 0.162 e. The largest absolute Gasteiger partial charge is 0.355 e. The lowest BCUT2D eigenvalue weighted by molar-refractivity contribution is -0.182. The molecule has 0 saturated heterocycles. The lowest BCUT2D eigenvalue weighted by Crippen LogP contribution is -2.33. The predicted octanol–water partition coefficient (Wildman–Crippen LogP) is 2.43. The lowest BCUT2D eigenvalue weighted by atomic mass is 9.89. The van der Waals surface area contributed by atoms with E-state index in [1.807, 2.05) is 6.92 Å². The van der Waals surface area contributed by atoms with E-state index in [-0.39, 0.29) is 11.7 Å². The lowest BCUT2D eigenvalue weighted by Gasteiger charge is -2.31.